The molecule has 1 saturated heterocycles. The summed E-state index contributed by atoms with van der Waals surface area (Å²) in [6.07, 6.45) is 5.10. The molecule has 0 amide bonds. The Morgan fingerprint density at radius 1 is 0.721 bits per heavy atom. The molecule has 1 fully saturated rings. The van der Waals surface area contributed by atoms with Crippen LogP contribution in [0.3, 0.4) is 0 Å². The molecule has 7 unspecified atom stereocenters. The van der Waals surface area contributed by atoms with Gasteiger partial charge in [-0.15, -0.1) is 0 Å². The second-order valence-electron chi connectivity index (χ2n) is 23.1. The van der Waals surface area contributed by atoms with Crippen LogP contribution in [0.5, 0.6) is 0 Å². The molecule has 0 N–H and O–H groups in total. The second-order valence-corrected chi connectivity index (χ2v) is 23.1. The van der Waals surface area contributed by atoms with Gasteiger partial charge in [-0.05, 0) is 105 Å². The Morgan fingerprint density at radius 2 is 1.18 bits per heavy atom. The number of hydrogen-bond donors (Lipinski definition) is 0. The third-order valence-corrected chi connectivity index (χ3v) is 17.8. The monoisotopic (exact) mass is 854 g/mol. The lowest BCUT2D eigenvalue weighted by Crippen LogP contribution is -2.74. The van der Waals surface area contributed by atoms with Crippen LogP contribution in [-0.4, -0.2) is 66.0 Å². The quantitative estimate of drug-likeness (QED) is 0.0646. The number of likely N-dealkylation sites (tertiary alicyclic amines) is 1. The fraction of sp³-hybridized carbons (Fsp3) is 0.811. The van der Waals surface area contributed by atoms with Crippen LogP contribution in [0.2, 0.25) is 0 Å². The number of rotatable bonds is 22. The normalized spacial score (nSPS) is 23.2. The average molecular weight is 854 g/mol. The molecule has 2 rings (SSSR count). The number of nitrogens with zero attached hydrogens (tertiary/aromatic N) is 1. The number of carbonyl (C=O) groups is 4. The zero-order valence-corrected chi connectivity index (χ0v) is 42.9. The summed E-state index contributed by atoms with van der Waals surface area (Å²) in [5, 5.41) is 0. The van der Waals surface area contributed by atoms with Crippen molar-refractivity contribution in [3.8, 4) is 0 Å². The zero-order valence-electron chi connectivity index (χ0n) is 42.9. The van der Waals surface area contributed by atoms with Gasteiger partial charge >= 0.3 is 17.9 Å². The number of carbonyl (C=O) groups excluding carboxylic acids is 4. The van der Waals surface area contributed by atoms with Crippen LogP contribution < -0.4 is 0 Å². The fourth-order valence-electron chi connectivity index (χ4n) is 11.0. The standard InChI is InChI=1S/C53H91NO7/c1-22-25-31-61-45(58)39(32-46(6,7)36(4)38-29-27-26-28-30-38)49(12,13)47(8,9)33-40(43(56)59-20)50(14,15)48(10,11)34-41(44(57)60-21)51(16,17)54-52(18,23-2)35-42(55)37(5)53(54,19)24-3/h26-30,36-37,39-41H,22-25,31-35H2,1-21H3. The first-order valence-electron chi connectivity index (χ1n) is 23.5. The molecule has 350 valence electrons. The van der Waals surface area contributed by atoms with Crippen LogP contribution >= 0.6 is 0 Å². The number of benzene rings is 1. The van der Waals surface area contributed by atoms with Gasteiger partial charge in [0.15, 0.2) is 0 Å². The van der Waals surface area contributed by atoms with E-state index in [0.29, 0.717) is 32.3 Å². The van der Waals surface area contributed by atoms with E-state index < -0.39 is 56.0 Å². The predicted molar refractivity (Wildman–Crippen MR) is 250 cm³/mol. The first kappa shape index (κ1) is 54.4. The maximum absolute atomic E-state index is 14.4. The maximum atomic E-state index is 14.4. The Labute approximate surface area is 373 Å². The Bertz CT molecular complexity index is 1640. The van der Waals surface area contributed by atoms with Gasteiger partial charge in [-0.25, -0.2) is 0 Å². The van der Waals surface area contributed by atoms with Crippen molar-refractivity contribution in [1.82, 2.24) is 4.90 Å². The molecule has 8 heteroatoms. The third-order valence-electron chi connectivity index (χ3n) is 17.8. The van der Waals surface area contributed by atoms with E-state index in [9.17, 15) is 19.2 Å². The Kier molecular flexibility index (Phi) is 17.8. The lowest BCUT2D eigenvalue weighted by atomic mass is 9.50. The van der Waals surface area contributed by atoms with Crippen LogP contribution in [0.4, 0.5) is 0 Å². The fourth-order valence-corrected chi connectivity index (χ4v) is 11.0. The Hall–Kier alpha value is -2.74. The molecular formula is C53H91NO7. The summed E-state index contributed by atoms with van der Waals surface area (Å²) in [6, 6.07) is 10.5. The van der Waals surface area contributed by atoms with Crippen molar-refractivity contribution in [3.05, 3.63) is 35.9 Å². The van der Waals surface area contributed by atoms with Crippen molar-refractivity contribution in [2.24, 2.45) is 50.7 Å². The summed E-state index contributed by atoms with van der Waals surface area (Å²) in [4.78, 5) is 59.2. The number of Topliss-reactive ketones (excluding diaryl/α,β-unsaturated/α-hetero) is 1. The van der Waals surface area contributed by atoms with Gasteiger partial charge in [0, 0.05) is 29.0 Å². The predicted octanol–water partition coefficient (Wildman–Crippen LogP) is 12.7. The minimum atomic E-state index is -0.734. The minimum absolute atomic E-state index is 0.173. The molecule has 0 radical (unpaired) electrons. The van der Waals surface area contributed by atoms with E-state index >= 15 is 0 Å². The van der Waals surface area contributed by atoms with Crippen molar-refractivity contribution in [1.29, 1.82) is 0 Å². The van der Waals surface area contributed by atoms with E-state index in [1.165, 1.54) is 19.8 Å². The molecule has 1 aliphatic heterocycles. The first-order chi connectivity index (χ1) is 27.8. The molecule has 0 spiro atoms. The molecule has 0 aromatic heterocycles. The van der Waals surface area contributed by atoms with Crippen LogP contribution in [0, 0.1) is 50.7 Å². The number of ketones is 1. The average Bonchev–Trinajstić information content (AvgIpc) is 3.19. The summed E-state index contributed by atoms with van der Waals surface area (Å²) in [7, 11) is 2.91. The molecule has 61 heavy (non-hydrogen) atoms. The molecular weight excluding hydrogens is 763 g/mol. The van der Waals surface area contributed by atoms with Gasteiger partial charge in [0.25, 0.3) is 0 Å². The highest BCUT2D eigenvalue weighted by Gasteiger charge is 2.61. The van der Waals surface area contributed by atoms with E-state index in [2.05, 4.69) is 154 Å². The maximum Gasteiger partial charge on any atom is 0.310 e. The molecule has 0 aliphatic carbocycles. The summed E-state index contributed by atoms with van der Waals surface area (Å²) in [5.41, 5.74) is -3.25. The highest BCUT2D eigenvalue weighted by molar-refractivity contribution is 5.84. The summed E-state index contributed by atoms with van der Waals surface area (Å²) in [6.45, 7) is 41.4. The number of unbranched alkanes of at least 4 members (excludes halogenated alkanes) is 1. The van der Waals surface area contributed by atoms with Gasteiger partial charge in [-0.3, -0.25) is 24.1 Å². The van der Waals surface area contributed by atoms with Gasteiger partial charge in [0.2, 0.25) is 0 Å². The number of methoxy groups -OCH3 is 2. The number of esters is 3. The van der Waals surface area contributed by atoms with Crippen LogP contribution in [0.1, 0.15) is 194 Å². The molecule has 8 nitrogen and oxygen atoms in total. The van der Waals surface area contributed by atoms with Crippen molar-refractivity contribution in [3.63, 3.8) is 0 Å². The summed E-state index contributed by atoms with van der Waals surface area (Å²) < 4.78 is 17.4. The lowest BCUT2D eigenvalue weighted by Gasteiger charge is -2.65. The molecule has 7 atom stereocenters. The topological polar surface area (TPSA) is 99.2 Å². The molecule has 1 aromatic rings. The van der Waals surface area contributed by atoms with Crippen molar-refractivity contribution >= 4 is 23.7 Å². The summed E-state index contributed by atoms with van der Waals surface area (Å²) >= 11 is 0. The van der Waals surface area contributed by atoms with Crippen molar-refractivity contribution < 1.29 is 33.4 Å². The Balaban J connectivity index is 2.73. The smallest absolute Gasteiger partial charge is 0.310 e. The SMILES string of the molecule is CCCCOC(=O)C(CC(C)(C)C(C)c1ccccc1)C(C)(C)C(C)(C)CC(C(=O)OC)C(C)(C)C(C)(C)CC(C(=O)OC)C(C)(C)N1C(C)(CC)CC(=O)C(C)C1(C)CC. The largest absolute Gasteiger partial charge is 0.469 e. The second kappa shape index (κ2) is 20.0. The number of ether oxygens (including phenoxy) is 3. The number of hydrogen-bond acceptors (Lipinski definition) is 8. The zero-order chi connectivity index (χ0) is 47.4. The molecule has 0 saturated carbocycles. The lowest BCUT2D eigenvalue weighted by molar-refractivity contribution is -0.184. The number of piperidine rings is 1. The minimum Gasteiger partial charge on any atom is -0.469 e. The first-order valence-corrected chi connectivity index (χ1v) is 23.5. The van der Waals surface area contributed by atoms with E-state index in [0.717, 1.165) is 25.7 Å². The van der Waals surface area contributed by atoms with Crippen molar-refractivity contribution in [2.75, 3.05) is 20.8 Å². The third kappa shape index (κ3) is 11.0. The van der Waals surface area contributed by atoms with Gasteiger partial charge < -0.3 is 14.2 Å². The van der Waals surface area contributed by atoms with Gasteiger partial charge in [0.05, 0.1) is 38.6 Å². The van der Waals surface area contributed by atoms with Crippen LogP contribution in [0.25, 0.3) is 0 Å². The highest BCUT2D eigenvalue weighted by Crippen LogP contribution is 2.59. The van der Waals surface area contributed by atoms with E-state index in [1.54, 1.807) is 0 Å². The molecule has 1 heterocycles. The molecule has 1 aromatic carbocycles. The van der Waals surface area contributed by atoms with Crippen LogP contribution in [-0.2, 0) is 33.4 Å². The molecule has 0 bridgehead atoms. The van der Waals surface area contributed by atoms with E-state index in [1.807, 2.05) is 13.0 Å². The van der Waals surface area contributed by atoms with E-state index in [-0.39, 0.29) is 40.9 Å². The van der Waals surface area contributed by atoms with Crippen LogP contribution in [0.15, 0.2) is 30.3 Å². The summed E-state index contributed by atoms with van der Waals surface area (Å²) in [5.74, 6) is -2.23. The van der Waals surface area contributed by atoms with Gasteiger partial charge in [-0.1, -0.05) is 141 Å². The Morgan fingerprint density at radius 3 is 1.62 bits per heavy atom. The van der Waals surface area contributed by atoms with Crippen molar-refractivity contribution in [2.45, 2.75) is 205 Å². The molecule has 1 aliphatic rings. The van der Waals surface area contributed by atoms with Gasteiger partial charge in [0.1, 0.15) is 5.78 Å². The highest BCUT2D eigenvalue weighted by atomic mass is 16.5. The van der Waals surface area contributed by atoms with Gasteiger partial charge in [-0.2, -0.15) is 0 Å². The van der Waals surface area contributed by atoms with E-state index in [4.69, 9.17) is 14.2 Å².